The van der Waals surface area contributed by atoms with Crippen molar-refractivity contribution in [3.63, 3.8) is 0 Å². The van der Waals surface area contributed by atoms with Crippen LogP contribution in [0, 0.1) is 6.92 Å². The number of hydrogen-bond donors (Lipinski definition) is 1. The number of para-hydroxylation sites is 1. The Morgan fingerprint density at radius 1 is 1.24 bits per heavy atom. The van der Waals surface area contributed by atoms with Crippen LogP contribution >= 0.6 is 34.7 Å². The number of rotatable bonds is 6. The highest BCUT2D eigenvalue weighted by molar-refractivity contribution is 8.00. The molecule has 0 saturated carbocycles. The predicted octanol–water partition coefficient (Wildman–Crippen LogP) is 5.58. The lowest BCUT2D eigenvalue weighted by atomic mass is 10.2. The minimum atomic E-state index is -0.0500. The molecule has 0 saturated heterocycles. The van der Waals surface area contributed by atoms with Crippen molar-refractivity contribution in [3.05, 3.63) is 75.8 Å². The minimum Gasteiger partial charge on any atom is -0.326 e. The van der Waals surface area contributed by atoms with Gasteiger partial charge in [0.05, 0.1) is 12.1 Å². The highest BCUT2D eigenvalue weighted by Crippen LogP contribution is 2.27. The van der Waals surface area contributed by atoms with Crippen LogP contribution < -0.4 is 5.32 Å². The quantitative estimate of drug-likeness (QED) is 0.560. The molecule has 128 valence electrons. The molecule has 6 heteroatoms. The Labute approximate surface area is 160 Å². The molecule has 0 aliphatic rings. The number of amides is 1. The number of benzene rings is 2. The molecule has 3 rings (SSSR count). The zero-order chi connectivity index (χ0) is 17.6. The SMILES string of the molecule is Cc1ccccc1NC(=O)Cc1csc(SCc2cccc(Cl)c2)n1. The van der Waals surface area contributed by atoms with Crippen molar-refractivity contribution in [2.45, 2.75) is 23.4 Å². The maximum atomic E-state index is 12.2. The molecule has 0 aliphatic carbocycles. The van der Waals surface area contributed by atoms with Gasteiger partial charge in [-0.2, -0.15) is 0 Å². The Morgan fingerprint density at radius 3 is 2.88 bits per heavy atom. The van der Waals surface area contributed by atoms with Crippen LogP contribution in [0.15, 0.2) is 58.3 Å². The summed E-state index contributed by atoms with van der Waals surface area (Å²) in [6, 6.07) is 15.6. The van der Waals surface area contributed by atoms with Gasteiger partial charge in [-0.1, -0.05) is 53.7 Å². The Bertz CT molecular complexity index is 879. The number of aryl methyl sites for hydroxylation is 1. The Kier molecular flexibility index (Phi) is 6.13. The lowest BCUT2D eigenvalue weighted by Crippen LogP contribution is -2.15. The molecular weight excluding hydrogens is 372 g/mol. The Morgan fingerprint density at radius 2 is 2.08 bits per heavy atom. The number of nitrogens with one attached hydrogen (secondary N) is 1. The average Bonchev–Trinajstić information content (AvgIpc) is 3.02. The third-order valence-electron chi connectivity index (χ3n) is 3.54. The molecule has 25 heavy (non-hydrogen) atoms. The second-order valence-corrected chi connectivity index (χ2v) is 8.08. The summed E-state index contributed by atoms with van der Waals surface area (Å²) in [5.41, 5.74) is 3.85. The first-order chi connectivity index (χ1) is 12.1. The second-order valence-electron chi connectivity index (χ2n) is 5.56. The van der Waals surface area contributed by atoms with Gasteiger partial charge in [-0.05, 0) is 36.2 Å². The Balaban J connectivity index is 1.54. The average molecular weight is 389 g/mol. The lowest BCUT2D eigenvalue weighted by Gasteiger charge is -2.06. The molecule has 3 nitrogen and oxygen atoms in total. The van der Waals surface area contributed by atoms with E-state index in [1.54, 1.807) is 23.1 Å². The van der Waals surface area contributed by atoms with E-state index in [-0.39, 0.29) is 12.3 Å². The molecular formula is C19H17ClN2OS2. The lowest BCUT2D eigenvalue weighted by molar-refractivity contribution is -0.115. The van der Waals surface area contributed by atoms with Crippen molar-refractivity contribution in [3.8, 4) is 0 Å². The summed E-state index contributed by atoms with van der Waals surface area (Å²) in [7, 11) is 0. The van der Waals surface area contributed by atoms with E-state index in [0.29, 0.717) is 0 Å². The van der Waals surface area contributed by atoms with E-state index in [2.05, 4.69) is 10.3 Å². The molecule has 0 atom stereocenters. The van der Waals surface area contributed by atoms with Crippen LogP contribution in [0.4, 0.5) is 5.69 Å². The van der Waals surface area contributed by atoms with Crippen molar-refractivity contribution in [1.29, 1.82) is 0 Å². The summed E-state index contributed by atoms with van der Waals surface area (Å²) in [5, 5.41) is 5.62. The summed E-state index contributed by atoms with van der Waals surface area (Å²) < 4.78 is 0.957. The third-order valence-corrected chi connectivity index (χ3v) is 5.92. The van der Waals surface area contributed by atoms with Crippen LogP contribution in [-0.2, 0) is 17.0 Å². The zero-order valence-electron chi connectivity index (χ0n) is 13.7. The van der Waals surface area contributed by atoms with E-state index >= 15 is 0 Å². The van der Waals surface area contributed by atoms with E-state index in [0.717, 1.165) is 37.6 Å². The van der Waals surface area contributed by atoms with Gasteiger partial charge in [0.1, 0.15) is 4.34 Å². The number of carbonyl (C=O) groups excluding carboxylic acids is 1. The van der Waals surface area contributed by atoms with E-state index in [1.165, 1.54) is 0 Å². The molecule has 0 aliphatic heterocycles. The van der Waals surface area contributed by atoms with Crippen molar-refractivity contribution in [2.24, 2.45) is 0 Å². The van der Waals surface area contributed by atoms with Crippen LogP contribution in [0.5, 0.6) is 0 Å². The largest absolute Gasteiger partial charge is 0.326 e. The number of anilines is 1. The highest BCUT2D eigenvalue weighted by Gasteiger charge is 2.10. The Hall–Kier alpha value is -1.82. The van der Waals surface area contributed by atoms with Gasteiger partial charge in [-0.3, -0.25) is 4.79 Å². The molecule has 0 spiro atoms. The normalized spacial score (nSPS) is 10.6. The fourth-order valence-corrected chi connectivity index (χ4v) is 4.28. The van der Waals surface area contributed by atoms with Gasteiger partial charge in [-0.15, -0.1) is 11.3 Å². The number of thioether (sulfide) groups is 1. The maximum Gasteiger partial charge on any atom is 0.230 e. The number of nitrogens with zero attached hydrogens (tertiary/aromatic N) is 1. The monoisotopic (exact) mass is 388 g/mol. The number of thiazole rings is 1. The molecule has 0 fully saturated rings. The first-order valence-corrected chi connectivity index (χ1v) is 10.0. The van der Waals surface area contributed by atoms with E-state index in [4.69, 9.17) is 11.6 Å². The fourth-order valence-electron chi connectivity index (χ4n) is 2.28. The second kappa shape index (κ2) is 8.52. The molecule has 0 radical (unpaired) electrons. The number of aromatic nitrogens is 1. The molecule has 1 amide bonds. The molecule has 0 unspecified atom stereocenters. The van der Waals surface area contributed by atoms with E-state index in [9.17, 15) is 4.79 Å². The molecule has 3 aromatic rings. The highest BCUT2D eigenvalue weighted by atomic mass is 35.5. The molecule has 1 heterocycles. The van der Waals surface area contributed by atoms with E-state index in [1.807, 2.05) is 60.8 Å². The smallest absolute Gasteiger partial charge is 0.230 e. The maximum absolute atomic E-state index is 12.2. The topological polar surface area (TPSA) is 42.0 Å². The third kappa shape index (κ3) is 5.33. The van der Waals surface area contributed by atoms with Crippen LogP contribution in [-0.4, -0.2) is 10.9 Å². The van der Waals surface area contributed by atoms with Crippen molar-refractivity contribution in [1.82, 2.24) is 4.98 Å². The van der Waals surface area contributed by atoms with Gasteiger partial charge >= 0.3 is 0 Å². The number of halogens is 1. The number of carbonyl (C=O) groups is 1. The summed E-state index contributed by atoms with van der Waals surface area (Å²) >= 11 is 9.22. The van der Waals surface area contributed by atoms with Crippen molar-refractivity contribution >= 4 is 46.3 Å². The van der Waals surface area contributed by atoms with Gasteiger partial charge in [0.25, 0.3) is 0 Å². The summed E-state index contributed by atoms with van der Waals surface area (Å²) in [5.74, 6) is 0.758. The first kappa shape index (κ1) is 18.0. The van der Waals surface area contributed by atoms with E-state index < -0.39 is 0 Å². The standard InChI is InChI=1S/C19H17ClN2OS2/c1-13-5-2-3-8-17(13)22-18(23)10-16-12-25-19(21-16)24-11-14-6-4-7-15(20)9-14/h2-9,12H,10-11H2,1H3,(H,22,23). The van der Waals surface area contributed by atoms with Gasteiger partial charge in [0, 0.05) is 21.8 Å². The number of hydrogen-bond acceptors (Lipinski definition) is 4. The van der Waals surface area contributed by atoms with Gasteiger partial charge in [0.2, 0.25) is 5.91 Å². The van der Waals surface area contributed by atoms with Gasteiger partial charge in [-0.25, -0.2) is 4.98 Å². The van der Waals surface area contributed by atoms with Gasteiger partial charge in [0.15, 0.2) is 0 Å². The molecule has 2 aromatic carbocycles. The van der Waals surface area contributed by atoms with Crippen LogP contribution in [0.2, 0.25) is 5.02 Å². The van der Waals surface area contributed by atoms with Gasteiger partial charge < -0.3 is 5.32 Å². The van der Waals surface area contributed by atoms with Crippen LogP contribution in [0.3, 0.4) is 0 Å². The molecule has 0 bridgehead atoms. The van der Waals surface area contributed by atoms with Crippen molar-refractivity contribution < 1.29 is 4.79 Å². The predicted molar refractivity (Wildman–Crippen MR) is 107 cm³/mol. The fraction of sp³-hybridized carbons (Fsp3) is 0.158. The summed E-state index contributed by atoms with van der Waals surface area (Å²) in [6.45, 7) is 1.98. The summed E-state index contributed by atoms with van der Waals surface area (Å²) in [4.78, 5) is 16.7. The van der Waals surface area contributed by atoms with Crippen molar-refractivity contribution in [2.75, 3.05) is 5.32 Å². The zero-order valence-corrected chi connectivity index (χ0v) is 16.0. The molecule has 1 aromatic heterocycles. The van der Waals surface area contributed by atoms with Crippen LogP contribution in [0.25, 0.3) is 0 Å². The first-order valence-electron chi connectivity index (χ1n) is 7.77. The molecule has 1 N–H and O–H groups in total. The summed E-state index contributed by atoms with van der Waals surface area (Å²) in [6.07, 6.45) is 0.280. The van der Waals surface area contributed by atoms with Crippen LogP contribution in [0.1, 0.15) is 16.8 Å². The minimum absolute atomic E-state index is 0.0500.